The van der Waals surface area contributed by atoms with Crippen molar-refractivity contribution in [2.75, 3.05) is 20.8 Å². The molecule has 0 saturated carbocycles. The fraction of sp³-hybridized carbons (Fsp3) is 0.357. The molecular formula is C14H16O4. The van der Waals surface area contributed by atoms with Crippen molar-refractivity contribution >= 4 is 5.97 Å². The highest BCUT2D eigenvalue weighted by Crippen LogP contribution is 2.27. The highest BCUT2D eigenvalue weighted by atomic mass is 16.5. The molecular weight excluding hydrogens is 232 g/mol. The molecule has 0 spiro atoms. The summed E-state index contributed by atoms with van der Waals surface area (Å²) in [5.41, 5.74) is 1.67. The van der Waals surface area contributed by atoms with Gasteiger partial charge in [-0.25, -0.2) is 0 Å². The molecule has 0 amide bonds. The second kappa shape index (κ2) is 6.55. The van der Waals surface area contributed by atoms with Crippen molar-refractivity contribution in [2.45, 2.75) is 13.8 Å². The van der Waals surface area contributed by atoms with Crippen molar-refractivity contribution < 1.29 is 19.0 Å². The fourth-order valence-electron chi connectivity index (χ4n) is 1.42. The predicted octanol–water partition coefficient (Wildman–Crippen LogP) is 1.93. The topological polar surface area (TPSA) is 44.8 Å². The van der Waals surface area contributed by atoms with E-state index < -0.39 is 0 Å². The van der Waals surface area contributed by atoms with Crippen LogP contribution in [-0.4, -0.2) is 26.8 Å². The van der Waals surface area contributed by atoms with Crippen molar-refractivity contribution in [1.29, 1.82) is 0 Å². The van der Waals surface area contributed by atoms with Gasteiger partial charge in [-0.05, 0) is 24.6 Å². The first-order valence-corrected chi connectivity index (χ1v) is 5.43. The van der Waals surface area contributed by atoms with Crippen LogP contribution in [0.5, 0.6) is 11.5 Å². The zero-order valence-corrected chi connectivity index (χ0v) is 11.0. The van der Waals surface area contributed by atoms with Gasteiger partial charge in [-0.3, -0.25) is 4.79 Å². The second-order valence-electron chi connectivity index (χ2n) is 3.60. The number of ether oxygens (including phenoxy) is 3. The molecule has 0 bridgehead atoms. The Bertz CT molecular complexity index is 494. The van der Waals surface area contributed by atoms with E-state index in [2.05, 4.69) is 11.8 Å². The Balaban J connectivity index is 2.95. The normalized spacial score (nSPS) is 9.11. The number of carbonyl (C=O) groups is 1. The summed E-state index contributed by atoms with van der Waals surface area (Å²) >= 11 is 0. The van der Waals surface area contributed by atoms with Crippen molar-refractivity contribution in [2.24, 2.45) is 0 Å². The largest absolute Gasteiger partial charge is 0.496 e. The number of esters is 1. The van der Waals surface area contributed by atoms with Crippen LogP contribution < -0.4 is 9.47 Å². The quantitative estimate of drug-likeness (QED) is 0.605. The molecule has 0 atom stereocenters. The van der Waals surface area contributed by atoms with Crippen LogP contribution in [0.4, 0.5) is 0 Å². The first-order chi connectivity index (χ1) is 8.58. The SMILES string of the molecule is COc1cc(C#CCOC(C)=O)c(OC)cc1C. The summed E-state index contributed by atoms with van der Waals surface area (Å²) in [5.74, 6) is 6.70. The van der Waals surface area contributed by atoms with Crippen LogP contribution in [-0.2, 0) is 9.53 Å². The summed E-state index contributed by atoms with van der Waals surface area (Å²) in [6, 6.07) is 3.66. The minimum Gasteiger partial charge on any atom is -0.496 e. The van der Waals surface area contributed by atoms with E-state index in [1.165, 1.54) is 6.92 Å². The van der Waals surface area contributed by atoms with Crippen LogP contribution in [0.1, 0.15) is 18.1 Å². The molecule has 0 aliphatic heterocycles. The minimum absolute atomic E-state index is 0.0642. The molecule has 0 heterocycles. The van der Waals surface area contributed by atoms with Crippen LogP contribution in [0, 0.1) is 18.8 Å². The van der Waals surface area contributed by atoms with E-state index >= 15 is 0 Å². The first kappa shape index (κ1) is 13.9. The average molecular weight is 248 g/mol. The third-order valence-corrected chi connectivity index (χ3v) is 2.29. The number of methoxy groups -OCH3 is 2. The van der Waals surface area contributed by atoms with E-state index in [0.717, 1.165) is 11.3 Å². The highest BCUT2D eigenvalue weighted by Gasteiger charge is 2.06. The van der Waals surface area contributed by atoms with Crippen molar-refractivity contribution in [1.82, 2.24) is 0 Å². The molecule has 1 aromatic carbocycles. The Hall–Kier alpha value is -2.15. The first-order valence-electron chi connectivity index (χ1n) is 5.43. The van der Waals surface area contributed by atoms with Crippen LogP contribution >= 0.6 is 0 Å². The fourth-order valence-corrected chi connectivity index (χ4v) is 1.42. The zero-order chi connectivity index (χ0) is 13.5. The summed E-state index contributed by atoms with van der Waals surface area (Å²) < 4.78 is 15.2. The molecule has 18 heavy (non-hydrogen) atoms. The molecule has 0 N–H and O–H groups in total. The van der Waals surface area contributed by atoms with Crippen molar-refractivity contribution in [3.63, 3.8) is 0 Å². The van der Waals surface area contributed by atoms with Gasteiger partial charge in [-0.1, -0.05) is 11.8 Å². The second-order valence-corrected chi connectivity index (χ2v) is 3.60. The lowest BCUT2D eigenvalue weighted by atomic mass is 10.1. The number of rotatable bonds is 3. The smallest absolute Gasteiger partial charge is 0.303 e. The van der Waals surface area contributed by atoms with E-state index in [1.807, 2.05) is 13.0 Å². The Morgan fingerprint density at radius 3 is 2.44 bits per heavy atom. The van der Waals surface area contributed by atoms with E-state index in [4.69, 9.17) is 14.2 Å². The highest BCUT2D eigenvalue weighted by molar-refractivity contribution is 5.66. The summed E-state index contributed by atoms with van der Waals surface area (Å²) in [4.78, 5) is 10.6. The molecule has 0 aliphatic carbocycles. The van der Waals surface area contributed by atoms with Gasteiger partial charge in [0.15, 0.2) is 6.61 Å². The maximum Gasteiger partial charge on any atom is 0.303 e. The van der Waals surface area contributed by atoms with Gasteiger partial charge in [-0.2, -0.15) is 0 Å². The molecule has 0 unspecified atom stereocenters. The van der Waals surface area contributed by atoms with E-state index in [9.17, 15) is 4.79 Å². The number of aryl methyl sites for hydroxylation is 1. The Morgan fingerprint density at radius 2 is 1.89 bits per heavy atom. The molecule has 4 nitrogen and oxygen atoms in total. The van der Waals surface area contributed by atoms with Gasteiger partial charge < -0.3 is 14.2 Å². The maximum absolute atomic E-state index is 10.6. The van der Waals surface area contributed by atoms with Gasteiger partial charge >= 0.3 is 5.97 Å². The van der Waals surface area contributed by atoms with Gasteiger partial charge in [0, 0.05) is 6.92 Å². The number of hydrogen-bond donors (Lipinski definition) is 0. The monoisotopic (exact) mass is 248 g/mol. The number of benzene rings is 1. The molecule has 1 aromatic rings. The molecule has 96 valence electrons. The number of hydrogen-bond acceptors (Lipinski definition) is 4. The van der Waals surface area contributed by atoms with Gasteiger partial charge in [-0.15, -0.1) is 0 Å². The van der Waals surface area contributed by atoms with Gasteiger partial charge in [0.1, 0.15) is 11.5 Å². The third kappa shape index (κ3) is 3.70. The van der Waals surface area contributed by atoms with Crippen molar-refractivity contribution in [3.8, 4) is 23.3 Å². The van der Waals surface area contributed by atoms with Gasteiger partial charge in [0.25, 0.3) is 0 Å². The zero-order valence-electron chi connectivity index (χ0n) is 11.0. The third-order valence-electron chi connectivity index (χ3n) is 2.29. The molecule has 1 rings (SSSR count). The minimum atomic E-state index is -0.349. The maximum atomic E-state index is 10.6. The van der Waals surface area contributed by atoms with Crippen LogP contribution in [0.25, 0.3) is 0 Å². The Kier molecular flexibility index (Phi) is 5.06. The molecule has 0 fully saturated rings. The summed E-state index contributed by atoms with van der Waals surface area (Å²) in [7, 11) is 3.18. The van der Waals surface area contributed by atoms with Gasteiger partial charge in [0.05, 0.1) is 19.8 Å². The Morgan fingerprint density at radius 1 is 1.22 bits per heavy atom. The van der Waals surface area contributed by atoms with E-state index in [1.54, 1.807) is 20.3 Å². The lowest BCUT2D eigenvalue weighted by molar-refractivity contribution is -0.139. The molecule has 0 aromatic heterocycles. The molecule has 0 radical (unpaired) electrons. The van der Waals surface area contributed by atoms with Crippen LogP contribution in [0.2, 0.25) is 0 Å². The summed E-state index contributed by atoms with van der Waals surface area (Å²) in [6.07, 6.45) is 0. The van der Waals surface area contributed by atoms with Crippen molar-refractivity contribution in [3.05, 3.63) is 23.3 Å². The standard InChI is InChI=1S/C14H16O4/c1-10-8-14(17-4)12(9-13(10)16-3)6-5-7-18-11(2)15/h8-9H,7H2,1-4H3. The lowest BCUT2D eigenvalue weighted by Gasteiger charge is -2.09. The van der Waals surface area contributed by atoms with Crippen LogP contribution in [0.3, 0.4) is 0 Å². The predicted molar refractivity (Wildman–Crippen MR) is 67.8 cm³/mol. The van der Waals surface area contributed by atoms with E-state index in [0.29, 0.717) is 11.3 Å². The molecule has 4 heteroatoms. The molecule has 0 aliphatic rings. The van der Waals surface area contributed by atoms with Crippen LogP contribution in [0.15, 0.2) is 12.1 Å². The average Bonchev–Trinajstić information content (AvgIpc) is 2.35. The summed E-state index contributed by atoms with van der Waals surface area (Å²) in [6.45, 7) is 3.34. The van der Waals surface area contributed by atoms with Gasteiger partial charge in [0.2, 0.25) is 0 Å². The lowest BCUT2D eigenvalue weighted by Crippen LogP contribution is -1.98. The Labute approximate surface area is 107 Å². The summed E-state index contributed by atoms with van der Waals surface area (Å²) in [5, 5.41) is 0. The molecule has 0 saturated heterocycles. The number of carbonyl (C=O) groups excluding carboxylic acids is 1. The van der Waals surface area contributed by atoms with E-state index in [-0.39, 0.29) is 12.6 Å².